The van der Waals surface area contributed by atoms with E-state index in [1.807, 2.05) is 86.6 Å². The predicted octanol–water partition coefficient (Wildman–Crippen LogP) is 6.32. The van der Waals surface area contributed by atoms with Crippen molar-refractivity contribution in [1.82, 2.24) is 15.1 Å². The maximum Gasteiger partial charge on any atom is 0.273 e. The number of fused-ring (bicyclic) bond motifs is 1. The molecule has 5 aromatic rings. The van der Waals surface area contributed by atoms with Crippen molar-refractivity contribution in [2.75, 3.05) is 0 Å². The minimum Gasteiger partial charge on any atom is -0.507 e. The number of ether oxygens (including phenoxy) is 1. The Morgan fingerprint density at radius 2 is 1.87 bits per heavy atom. The summed E-state index contributed by atoms with van der Waals surface area (Å²) in [6.45, 7) is 4.59. The molecule has 38 heavy (non-hydrogen) atoms. The second kappa shape index (κ2) is 9.59. The Labute approximate surface area is 220 Å². The van der Waals surface area contributed by atoms with Gasteiger partial charge in [-0.3, -0.25) is 9.89 Å². The monoisotopic (exact) mass is 505 g/mol. The summed E-state index contributed by atoms with van der Waals surface area (Å²) in [7, 11) is 0. The van der Waals surface area contributed by atoms with Gasteiger partial charge in [-0.25, -0.2) is 0 Å². The smallest absolute Gasteiger partial charge is 0.273 e. The lowest BCUT2D eigenvalue weighted by molar-refractivity contribution is 0.0716. The molecule has 0 bridgehead atoms. The number of nitrogens with zero attached hydrogens (tertiary/aromatic N) is 2. The van der Waals surface area contributed by atoms with Gasteiger partial charge in [-0.05, 0) is 66.4 Å². The van der Waals surface area contributed by atoms with Crippen molar-refractivity contribution in [2.45, 2.75) is 33.0 Å². The second-order valence-corrected chi connectivity index (χ2v) is 9.60. The number of aryl methyl sites for hydroxylation is 2. The highest BCUT2D eigenvalue weighted by Crippen LogP contribution is 2.46. The molecule has 7 heteroatoms. The van der Waals surface area contributed by atoms with Crippen LogP contribution in [0.4, 0.5) is 0 Å². The van der Waals surface area contributed by atoms with Crippen LogP contribution in [0.2, 0.25) is 0 Å². The van der Waals surface area contributed by atoms with E-state index in [0.29, 0.717) is 35.1 Å². The van der Waals surface area contributed by atoms with Gasteiger partial charge in [0.05, 0.1) is 18.8 Å². The van der Waals surface area contributed by atoms with Crippen molar-refractivity contribution in [3.05, 3.63) is 124 Å². The van der Waals surface area contributed by atoms with E-state index < -0.39 is 6.04 Å². The number of benzene rings is 3. The van der Waals surface area contributed by atoms with Gasteiger partial charge in [-0.1, -0.05) is 48.5 Å². The maximum absolute atomic E-state index is 13.7. The van der Waals surface area contributed by atoms with E-state index in [4.69, 9.17) is 9.15 Å². The Bertz CT molecular complexity index is 1580. The molecule has 6 rings (SSSR count). The number of nitrogens with one attached hydrogen (secondary N) is 1. The normalized spacial score (nSPS) is 14.6. The highest BCUT2D eigenvalue weighted by Gasteiger charge is 2.43. The first-order chi connectivity index (χ1) is 18.5. The molecule has 3 aromatic carbocycles. The zero-order chi connectivity index (χ0) is 26.2. The van der Waals surface area contributed by atoms with Gasteiger partial charge in [0.15, 0.2) is 0 Å². The Kier molecular flexibility index (Phi) is 5.96. The van der Waals surface area contributed by atoms with Gasteiger partial charge < -0.3 is 19.2 Å². The van der Waals surface area contributed by atoms with Gasteiger partial charge in [0, 0.05) is 11.1 Å². The second-order valence-electron chi connectivity index (χ2n) is 9.60. The fraction of sp³-hybridized carbons (Fsp3) is 0.161. The molecular formula is C31H27N3O4. The molecule has 1 unspecified atom stereocenters. The average molecular weight is 506 g/mol. The largest absolute Gasteiger partial charge is 0.507 e. The maximum atomic E-state index is 13.7. The molecule has 0 saturated carbocycles. The summed E-state index contributed by atoms with van der Waals surface area (Å²) in [5.74, 6) is 1.32. The zero-order valence-electron chi connectivity index (χ0n) is 21.1. The number of rotatable bonds is 7. The number of aromatic amines is 1. The first kappa shape index (κ1) is 23.6. The Hall–Kier alpha value is -4.78. The fourth-order valence-corrected chi connectivity index (χ4v) is 5.24. The summed E-state index contributed by atoms with van der Waals surface area (Å²) in [5.41, 5.74) is 6.08. The lowest BCUT2D eigenvalue weighted by atomic mass is 9.93. The zero-order valence-corrected chi connectivity index (χ0v) is 21.1. The van der Waals surface area contributed by atoms with Crippen LogP contribution in [0.5, 0.6) is 11.5 Å². The fourth-order valence-electron chi connectivity index (χ4n) is 5.24. The van der Waals surface area contributed by atoms with Crippen LogP contribution in [-0.4, -0.2) is 26.1 Å². The van der Waals surface area contributed by atoms with Crippen molar-refractivity contribution in [3.8, 4) is 22.8 Å². The summed E-state index contributed by atoms with van der Waals surface area (Å²) in [6.07, 6.45) is 1.60. The number of hydrogen-bond donors (Lipinski definition) is 2. The van der Waals surface area contributed by atoms with Crippen molar-refractivity contribution in [3.63, 3.8) is 0 Å². The highest BCUT2D eigenvalue weighted by molar-refractivity contribution is 6.00. The van der Waals surface area contributed by atoms with Crippen LogP contribution in [0, 0.1) is 13.8 Å². The van der Waals surface area contributed by atoms with E-state index in [-0.39, 0.29) is 18.2 Å². The van der Waals surface area contributed by atoms with Crippen LogP contribution in [0.3, 0.4) is 0 Å². The summed E-state index contributed by atoms with van der Waals surface area (Å²) in [6, 6.07) is 24.7. The molecule has 1 aliphatic rings. The third-order valence-corrected chi connectivity index (χ3v) is 6.89. The molecule has 3 heterocycles. The molecule has 2 N–H and O–H groups in total. The number of carbonyl (C=O) groups excluding carboxylic acids is 1. The molecule has 1 amide bonds. The van der Waals surface area contributed by atoms with Crippen molar-refractivity contribution < 1.29 is 19.1 Å². The highest BCUT2D eigenvalue weighted by atomic mass is 16.5. The van der Waals surface area contributed by atoms with Crippen LogP contribution < -0.4 is 4.74 Å². The third kappa shape index (κ3) is 4.22. The molecule has 0 spiro atoms. The van der Waals surface area contributed by atoms with Gasteiger partial charge >= 0.3 is 0 Å². The quantitative estimate of drug-likeness (QED) is 0.270. The van der Waals surface area contributed by atoms with Crippen molar-refractivity contribution in [2.24, 2.45) is 0 Å². The minimum absolute atomic E-state index is 0.132. The van der Waals surface area contributed by atoms with E-state index in [1.54, 1.807) is 17.2 Å². The molecule has 1 aliphatic heterocycles. The summed E-state index contributed by atoms with van der Waals surface area (Å²) < 4.78 is 11.7. The van der Waals surface area contributed by atoms with Gasteiger partial charge in [0.25, 0.3) is 5.91 Å². The number of aromatic hydroxyl groups is 1. The van der Waals surface area contributed by atoms with Gasteiger partial charge in [0.1, 0.15) is 35.3 Å². The van der Waals surface area contributed by atoms with E-state index in [1.165, 1.54) is 0 Å². The van der Waals surface area contributed by atoms with E-state index in [0.717, 1.165) is 27.8 Å². The molecule has 7 nitrogen and oxygen atoms in total. The summed E-state index contributed by atoms with van der Waals surface area (Å²) in [5, 5.41) is 18.4. The summed E-state index contributed by atoms with van der Waals surface area (Å²) >= 11 is 0. The first-order valence-corrected chi connectivity index (χ1v) is 12.5. The lowest BCUT2D eigenvalue weighted by Crippen LogP contribution is -2.29. The first-order valence-electron chi connectivity index (χ1n) is 12.5. The number of aromatic nitrogens is 2. The molecule has 0 fully saturated rings. The molecule has 2 aromatic heterocycles. The summed E-state index contributed by atoms with van der Waals surface area (Å²) in [4.78, 5) is 15.5. The lowest BCUT2D eigenvalue weighted by Gasteiger charge is -2.26. The number of phenols is 1. The van der Waals surface area contributed by atoms with Crippen LogP contribution in [0.15, 0.2) is 89.5 Å². The molecular weight excluding hydrogens is 478 g/mol. The van der Waals surface area contributed by atoms with Crippen molar-refractivity contribution >= 4 is 5.91 Å². The number of carbonyl (C=O) groups is 1. The Balaban J connectivity index is 1.44. The average Bonchev–Trinajstić information content (AvgIpc) is 3.63. The van der Waals surface area contributed by atoms with Gasteiger partial charge in [-0.2, -0.15) is 5.10 Å². The standard InChI is InChI=1S/C31H27N3O4/c1-19-14-20(2)26(25(35)15-19)28-27-29(33-32-28)31(36)34(17-24-12-7-13-37-24)30(27)22-10-6-11-23(16-22)38-18-21-8-4-3-5-9-21/h3-16,30,35H,17-18H2,1-2H3,(H,32,33). The van der Waals surface area contributed by atoms with E-state index >= 15 is 0 Å². The number of H-pyrrole nitrogens is 1. The molecule has 190 valence electrons. The van der Waals surface area contributed by atoms with Crippen LogP contribution >= 0.6 is 0 Å². The van der Waals surface area contributed by atoms with Crippen molar-refractivity contribution in [1.29, 1.82) is 0 Å². The predicted molar refractivity (Wildman–Crippen MR) is 143 cm³/mol. The number of phenolic OH excluding ortho intramolecular Hbond substituents is 1. The van der Waals surface area contributed by atoms with Crippen LogP contribution in [-0.2, 0) is 13.2 Å². The molecule has 1 atom stereocenters. The number of hydrogen-bond acceptors (Lipinski definition) is 5. The third-order valence-electron chi connectivity index (χ3n) is 6.89. The van der Waals surface area contributed by atoms with E-state index in [2.05, 4.69) is 10.2 Å². The SMILES string of the molecule is Cc1cc(C)c(-c2n[nH]c3c2C(c2cccc(OCc4ccccc4)c2)N(Cc2ccco2)C3=O)c(O)c1. The Morgan fingerprint density at radius 3 is 2.63 bits per heavy atom. The molecule has 0 saturated heterocycles. The van der Waals surface area contributed by atoms with Crippen LogP contribution in [0.25, 0.3) is 11.3 Å². The number of furan rings is 1. The molecule has 0 radical (unpaired) electrons. The molecule has 0 aliphatic carbocycles. The van der Waals surface area contributed by atoms with Gasteiger partial charge in [-0.15, -0.1) is 0 Å². The van der Waals surface area contributed by atoms with Crippen LogP contribution in [0.1, 0.15) is 50.1 Å². The topological polar surface area (TPSA) is 91.6 Å². The number of amides is 1. The Morgan fingerprint density at radius 1 is 1.03 bits per heavy atom. The van der Waals surface area contributed by atoms with Gasteiger partial charge in [0.2, 0.25) is 0 Å². The van der Waals surface area contributed by atoms with E-state index in [9.17, 15) is 9.90 Å². The minimum atomic E-state index is -0.461.